The summed E-state index contributed by atoms with van der Waals surface area (Å²) in [5.41, 5.74) is -1.20. The van der Waals surface area contributed by atoms with Crippen LogP contribution in [-0.2, 0) is 11.0 Å². The molecule has 1 aromatic heterocycles. The van der Waals surface area contributed by atoms with Crippen molar-refractivity contribution in [2.24, 2.45) is 5.92 Å². The molecule has 0 aliphatic carbocycles. The van der Waals surface area contributed by atoms with Crippen molar-refractivity contribution in [3.8, 4) is 5.69 Å². The molecule has 0 saturated carbocycles. The lowest BCUT2D eigenvalue weighted by Gasteiger charge is -2.29. The third kappa shape index (κ3) is 3.53. The summed E-state index contributed by atoms with van der Waals surface area (Å²) in [6, 6.07) is 4.87. The normalized spacial score (nSPS) is 15.9. The molecule has 1 aliphatic heterocycles. The number of aromatic nitrogens is 3. The number of hydrogen-bond acceptors (Lipinski definition) is 4. The molecule has 7 nitrogen and oxygen atoms in total. The Bertz CT molecular complexity index is 826. The van der Waals surface area contributed by atoms with Gasteiger partial charge in [-0.2, -0.15) is 13.2 Å². The first-order chi connectivity index (χ1) is 12.3. The molecular weight excluding hydrogens is 353 g/mol. The van der Waals surface area contributed by atoms with E-state index in [0.717, 1.165) is 16.9 Å². The second-order valence-corrected chi connectivity index (χ2v) is 5.97. The minimum atomic E-state index is -4.56. The van der Waals surface area contributed by atoms with E-state index in [-0.39, 0.29) is 24.5 Å². The van der Waals surface area contributed by atoms with E-state index in [1.807, 2.05) is 0 Å². The highest BCUT2D eigenvalue weighted by Crippen LogP contribution is 2.33. The first-order valence-electron chi connectivity index (χ1n) is 7.88. The van der Waals surface area contributed by atoms with Gasteiger partial charge in [-0.25, -0.2) is 4.68 Å². The highest BCUT2D eigenvalue weighted by molar-refractivity contribution is 5.92. The molecule has 1 amide bonds. The smallest absolute Gasteiger partial charge is 0.418 e. The third-order valence-corrected chi connectivity index (χ3v) is 4.30. The zero-order chi connectivity index (χ0) is 18.9. The van der Waals surface area contributed by atoms with Crippen molar-refractivity contribution in [3.05, 3.63) is 41.7 Å². The molecule has 2 heterocycles. The Kier molecular flexibility index (Phi) is 4.66. The number of hydrogen-bond donors (Lipinski definition) is 1. The monoisotopic (exact) mass is 368 g/mol. The lowest BCUT2D eigenvalue weighted by molar-refractivity contribution is -0.143. The number of para-hydroxylation sites is 1. The Labute approximate surface area is 146 Å². The summed E-state index contributed by atoms with van der Waals surface area (Å²) < 4.78 is 40.2. The lowest BCUT2D eigenvalue weighted by Crippen LogP contribution is -2.40. The van der Waals surface area contributed by atoms with Crippen molar-refractivity contribution in [3.63, 3.8) is 0 Å². The average Bonchev–Trinajstić information content (AvgIpc) is 3.10. The molecule has 138 valence electrons. The van der Waals surface area contributed by atoms with E-state index in [9.17, 15) is 22.8 Å². The van der Waals surface area contributed by atoms with Crippen LogP contribution in [-0.4, -0.2) is 50.0 Å². The molecular formula is C16H15F3N4O3. The van der Waals surface area contributed by atoms with E-state index in [1.54, 1.807) is 0 Å². The van der Waals surface area contributed by atoms with Crippen LogP contribution in [0.4, 0.5) is 13.2 Å². The number of nitrogens with zero attached hydrogens (tertiary/aromatic N) is 4. The number of piperidine rings is 1. The van der Waals surface area contributed by atoms with Gasteiger partial charge in [0.25, 0.3) is 5.91 Å². The maximum Gasteiger partial charge on any atom is 0.418 e. The Hall–Kier alpha value is -2.91. The standard InChI is InChI=1S/C16H15F3N4O3/c17-16(18,19)11-3-1-2-4-13(11)23-9-12(20-21-23)14(24)22-7-5-10(6-8-22)15(25)26/h1-4,9-10H,5-8H2,(H,25,26). The number of alkyl halides is 3. The van der Waals surface area contributed by atoms with Crippen molar-refractivity contribution in [2.75, 3.05) is 13.1 Å². The van der Waals surface area contributed by atoms with Crippen molar-refractivity contribution in [1.29, 1.82) is 0 Å². The molecule has 1 aliphatic rings. The van der Waals surface area contributed by atoms with Crippen LogP contribution in [0.2, 0.25) is 0 Å². The van der Waals surface area contributed by atoms with Crippen LogP contribution in [0.1, 0.15) is 28.9 Å². The van der Waals surface area contributed by atoms with Gasteiger partial charge >= 0.3 is 12.1 Å². The molecule has 1 aromatic carbocycles. The second kappa shape index (κ2) is 6.77. The van der Waals surface area contributed by atoms with Gasteiger partial charge in [-0.3, -0.25) is 9.59 Å². The van der Waals surface area contributed by atoms with Gasteiger partial charge in [-0.15, -0.1) is 5.10 Å². The van der Waals surface area contributed by atoms with Gasteiger partial charge in [0, 0.05) is 13.1 Å². The van der Waals surface area contributed by atoms with Gasteiger partial charge in [0.05, 0.1) is 23.4 Å². The number of carboxylic acids is 1. The van der Waals surface area contributed by atoms with Gasteiger partial charge in [0.1, 0.15) is 0 Å². The van der Waals surface area contributed by atoms with Gasteiger partial charge in [-0.05, 0) is 25.0 Å². The summed E-state index contributed by atoms with van der Waals surface area (Å²) in [5.74, 6) is -1.87. The zero-order valence-corrected chi connectivity index (χ0v) is 13.5. The fourth-order valence-electron chi connectivity index (χ4n) is 2.88. The summed E-state index contributed by atoms with van der Waals surface area (Å²) >= 11 is 0. The van der Waals surface area contributed by atoms with Crippen LogP contribution >= 0.6 is 0 Å². The topological polar surface area (TPSA) is 88.3 Å². The summed E-state index contributed by atoms with van der Waals surface area (Å²) in [5, 5.41) is 16.3. The largest absolute Gasteiger partial charge is 0.481 e. The number of amides is 1. The number of carbonyl (C=O) groups is 2. The van der Waals surface area contributed by atoms with Gasteiger partial charge in [0.2, 0.25) is 0 Å². The molecule has 10 heteroatoms. The number of likely N-dealkylation sites (tertiary alicyclic amines) is 1. The summed E-state index contributed by atoms with van der Waals surface area (Å²) in [6.45, 7) is 0.504. The average molecular weight is 368 g/mol. The fraction of sp³-hybridized carbons (Fsp3) is 0.375. The number of carbonyl (C=O) groups excluding carboxylic acids is 1. The zero-order valence-electron chi connectivity index (χ0n) is 13.5. The Balaban J connectivity index is 1.79. The second-order valence-electron chi connectivity index (χ2n) is 5.97. The van der Waals surface area contributed by atoms with Crippen molar-refractivity contribution in [1.82, 2.24) is 19.9 Å². The molecule has 26 heavy (non-hydrogen) atoms. The molecule has 0 atom stereocenters. The van der Waals surface area contributed by atoms with Gasteiger partial charge < -0.3 is 10.0 Å². The number of rotatable bonds is 3. The molecule has 3 rings (SSSR count). The molecule has 0 unspecified atom stereocenters. The predicted molar refractivity (Wildman–Crippen MR) is 82.6 cm³/mol. The number of benzene rings is 1. The van der Waals surface area contributed by atoms with Crippen LogP contribution in [0.25, 0.3) is 5.69 Å². The molecule has 1 fully saturated rings. The number of carboxylic acid groups (broad SMARTS) is 1. The van der Waals surface area contributed by atoms with Crippen molar-refractivity contribution < 1.29 is 27.9 Å². The maximum atomic E-state index is 13.1. The summed E-state index contributed by atoms with van der Waals surface area (Å²) in [7, 11) is 0. The highest BCUT2D eigenvalue weighted by atomic mass is 19.4. The predicted octanol–water partition coefficient (Wildman–Crippen LogP) is 2.22. The summed E-state index contributed by atoms with van der Waals surface area (Å²) in [4.78, 5) is 24.8. The number of halogens is 3. The van der Waals surface area contributed by atoms with E-state index >= 15 is 0 Å². The maximum absolute atomic E-state index is 13.1. The van der Waals surface area contributed by atoms with Crippen LogP contribution in [0.3, 0.4) is 0 Å². The number of aliphatic carboxylic acids is 1. The van der Waals surface area contributed by atoms with Crippen molar-refractivity contribution >= 4 is 11.9 Å². The van der Waals surface area contributed by atoms with Crippen LogP contribution in [0.5, 0.6) is 0 Å². The van der Waals surface area contributed by atoms with Crippen LogP contribution in [0.15, 0.2) is 30.5 Å². The first kappa shape index (κ1) is 17.9. The van der Waals surface area contributed by atoms with Crippen LogP contribution in [0, 0.1) is 5.92 Å². The minimum Gasteiger partial charge on any atom is -0.481 e. The Morgan fingerprint density at radius 3 is 2.42 bits per heavy atom. The fourth-order valence-corrected chi connectivity index (χ4v) is 2.88. The van der Waals surface area contributed by atoms with E-state index in [1.165, 1.54) is 23.1 Å². The quantitative estimate of drug-likeness (QED) is 0.898. The molecule has 1 saturated heterocycles. The third-order valence-electron chi connectivity index (χ3n) is 4.30. The lowest BCUT2D eigenvalue weighted by atomic mass is 9.97. The van der Waals surface area contributed by atoms with E-state index in [4.69, 9.17) is 5.11 Å². The SMILES string of the molecule is O=C(O)C1CCN(C(=O)c2cn(-c3ccccc3C(F)(F)F)nn2)CC1. The van der Waals surface area contributed by atoms with E-state index < -0.39 is 29.5 Å². The van der Waals surface area contributed by atoms with E-state index in [2.05, 4.69) is 10.3 Å². The molecule has 0 spiro atoms. The Morgan fingerprint density at radius 2 is 1.81 bits per heavy atom. The molecule has 0 radical (unpaired) electrons. The summed E-state index contributed by atoms with van der Waals surface area (Å²) in [6.07, 6.45) is -2.76. The Morgan fingerprint density at radius 1 is 1.15 bits per heavy atom. The van der Waals surface area contributed by atoms with Gasteiger partial charge in [0.15, 0.2) is 5.69 Å². The molecule has 2 aromatic rings. The highest BCUT2D eigenvalue weighted by Gasteiger charge is 2.34. The van der Waals surface area contributed by atoms with E-state index in [0.29, 0.717) is 12.8 Å². The van der Waals surface area contributed by atoms with Crippen LogP contribution < -0.4 is 0 Å². The van der Waals surface area contributed by atoms with Gasteiger partial charge in [-0.1, -0.05) is 17.3 Å². The molecule has 1 N–H and O–H groups in total. The first-order valence-corrected chi connectivity index (χ1v) is 7.88. The van der Waals surface area contributed by atoms with Crippen molar-refractivity contribution in [2.45, 2.75) is 19.0 Å². The minimum absolute atomic E-state index is 0.0873. The molecule has 0 bridgehead atoms.